The van der Waals surface area contributed by atoms with Crippen LogP contribution in [-0.2, 0) is 4.74 Å². The highest BCUT2D eigenvalue weighted by Gasteiger charge is 2.21. The number of methoxy groups -OCH3 is 1. The minimum Gasteiger partial charge on any atom is -0.385 e. The van der Waals surface area contributed by atoms with Gasteiger partial charge in [-0.05, 0) is 25.2 Å². The average Bonchev–Trinajstić information content (AvgIpc) is 2.28. The van der Waals surface area contributed by atoms with Crippen LogP contribution in [0.4, 0.5) is 0 Å². The van der Waals surface area contributed by atoms with Crippen molar-refractivity contribution in [2.75, 3.05) is 19.0 Å². The van der Waals surface area contributed by atoms with Crippen LogP contribution in [0.2, 0.25) is 18.1 Å². The summed E-state index contributed by atoms with van der Waals surface area (Å²) in [5.74, 6) is 1.06. The maximum Gasteiger partial charge on any atom is 0.0459 e. The molecule has 0 amide bonds. The van der Waals surface area contributed by atoms with Crippen LogP contribution in [0, 0.1) is 5.92 Å². The number of hydrogen-bond acceptors (Lipinski definition) is 1. The molecule has 0 N–H and O–H groups in total. The quantitative estimate of drug-likeness (QED) is 0.394. The smallest absolute Gasteiger partial charge is 0.0459 e. The SMILES string of the molecule is COCCC[Si@H]1CC[C@H](CCCBr)CC1. The van der Waals surface area contributed by atoms with Crippen LogP contribution >= 0.6 is 15.9 Å². The normalized spacial score (nSPS) is 26.8. The van der Waals surface area contributed by atoms with Gasteiger partial charge in [0.05, 0.1) is 0 Å². The van der Waals surface area contributed by atoms with Crippen molar-refractivity contribution in [2.24, 2.45) is 5.92 Å². The minimum atomic E-state index is -0.322. The van der Waals surface area contributed by atoms with Gasteiger partial charge in [0.2, 0.25) is 0 Å². The van der Waals surface area contributed by atoms with Gasteiger partial charge >= 0.3 is 0 Å². The Labute approximate surface area is 105 Å². The van der Waals surface area contributed by atoms with Crippen LogP contribution in [0.5, 0.6) is 0 Å². The molecule has 0 saturated carbocycles. The average molecular weight is 293 g/mol. The Morgan fingerprint density at radius 2 is 2.00 bits per heavy atom. The summed E-state index contributed by atoms with van der Waals surface area (Å²) in [5, 5.41) is 1.19. The van der Waals surface area contributed by atoms with E-state index < -0.39 is 0 Å². The Kier molecular flexibility index (Phi) is 8.02. The van der Waals surface area contributed by atoms with Crippen molar-refractivity contribution in [1.82, 2.24) is 0 Å². The molecule has 1 heterocycles. The van der Waals surface area contributed by atoms with Gasteiger partial charge in [0.15, 0.2) is 0 Å². The van der Waals surface area contributed by atoms with Crippen LogP contribution in [0.1, 0.15) is 32.1 Å². The van der Waals surface area contributed by atoms with Gasteiger partial charge in [-0.2, -0.15) is 0 Å². The second kappa shape index (κ2) is 8.77. The molecule has 0 aromatic carbocycles. The van der Waals surface area contributed by atoms with E-state index in [1.54, 1.807) is 12.1 Å². The second-order valence-electron chi connectivity index (χ2n) is 4.85. The highest BCUT2D eigenvalue weighted by Crippen LogP contribution is 2.30. The lowest BCUT2D eigenvalue weighted by Crippen LogP contribution is -2.21. The third kappa shape index (κ3) is 6.08. The molecule has 1 aliphatic heterocycles. The molecule has 1 rings (SSSR count). The first-order valence-corrected chi connectivity index (χ1v) is 9.98. The van der Waals surface area contributed by atoms with Crippen molar-refractivity contribution in [3.8, 4) is 0 Å². The van der Waals surface area contributed by atoms with E-state index in [4.69, 9.17) is 4.74 Å². The molecular weight excluding hydrogens is 268 g/mol. The van der Waals surface area contributed by atoms with Crippen LogP contribution in [-0.4, -0.2) is 27.8 Å². The zero-order chi connectivity index (χ0) is 10.9. The third-order valence-electron chi connectivity index (χ3n) is 3.67. The molecule has 15 heavy (non-hydrogen) atoms. The van der Waals surface area contributed by atoms with Gasteiger partial charge in [-0.3, -0.25) is 0 Å². The van der Waals surface area contributed by atoms with Gasteiger partial charge in [-0.15, -0.1) is 0 Å². The van der Waals surface area contributed by atoms with E-state index in [9.17, 15) is 0 Å². The highest BCUT2D eigenvalue weighted by atomic mass is 79.9. The van der Waals surface area contributed by atoms with Gasteiger partial charge in [0.25, 0.3) is 0 Å². The molecule has 0 atom stereocenters. The van der Waals surface area contributed by atoms with Crippen molar-refractivity contribution < 1.29 is 4.74 Å². The van der Waals surface area contributed by atoms with Gasteiger partial charge in [-0.25, -0.2) is 0 Å². The number of halogens is 1. The molecule has 0 aromatic heterocycles. The predicted octanol–water partition coefficient (Wildman–Crippen LogP) is 3.84. The summed E-state index contributed by atoms with van der Waals surface area (Å²) in [4.78, 5) is 0. The maximum absolute atomic E-state index is 5.12. The lowest BCUT2D eigenvalue weighted by Gasteiger charge is -2.27. The summed E-state index contributed by atoms with van der Waals surface area (Å²) in [6.07, 6.45) is 7.23. The standard InChI is InChI=1S/C12H25BrOSi/c1-14-8-3-9-15-10-5-12(6-11-15)4-2-7-13/h12,15H,2-11H2,1H3/t12-,15-. The first-order valence-electron chi connectivity index (χ1n) is 6.41. The fraction of sp³-hybridized carbons (Fsp3) is 1.00. The van der Waals surface area contributed by atoms with E-state index in [0.717, 1.165) is 12.5 Å². The van der Waals surface area contributed by atoms with E-state index in [0.29, 0.717) is 0 Å². The molecule has 1 aliphatic rings. The zero-order valence-corrected chi connectivity index (χ0v) is 12.8. The molecule has 3 heteroatoms. The monoisotopic (exact) mass is 292 g/mol. The van der Waals surface area contributed by atoms with Gasteiger partial charge in [0.1, 0.15) is 0 Å². The first kappa shape index (κ1) is 13.7. The topological polar surface area (TPSA) is 9.23 Å². The van der Waals surface area contributed by atoms with E-state index >= 15 is 0 Å². The molecule has 0 unspecified atom stereocenters. The summed E-state index contributed by atoms with van der Waals surface area (Å²) in [6.45, 7) is 0.983. The lowest BCUT2D eigenvalue weighted by molar-refractivity contribution is 0.199. The summed E-state index contributed by atoms with van der Waals surface area (Å²) in [5.41, 5.74) is 0. The number of hydrogen-bond donors (Lipinski definition) is 0. The molecular formula is C12H25BrOSi. The molecule has 0 bridgehead atoms. The van der Waals surface area contributed by atoms with Gasteiger partial charge < -0.3 is 4.74 Å². The molecule has 1 saturated heterocycles. The number of rotatable bonds is 7. The Morgan fingerprint density at radius 1 is 1.27 bits per heavy atom. The molecule has 0 aromatic rings. The zero-order valence-electron chi connectivity index (χ0n) is 10.0. The third-order valence-corrected chi connectivity index (χ3v) is 7.76. The van der Waals surface area contributed by atoms with Crippen molar-refractivity contribution in [3.05, 3.63) is 0 Å². The molecule has 0 aliphatic carbocycles. The fourth-order valence-corrected chi connectivity index (χ4v) is 6.51. The van der Waals surface area contributed by atoms with Crippen molar-refractivity contribution in [1.29, 1.82) is 0 Å². The van der Waals surface area contributed by atoms with E-state index in [-0.39, 0.29) is 8.80 Å². The number of ether oxygens (including phenoxy) is 1. The van der Waals surface area contributed by atoms with Crippen molar-refractivity contribution in [3.63, 3.8) is 0 Å². The summed E-state index contributed by atoms with van der Waals surface area (Å²) in [7, 11) is 1.50. The Bertz CT molecular complexity index is 147. The van der Waals surface area contributed by atoms with E-state index in [1.807, 2.05) is 7.11 Å². The predicted molar refractivity (Wildman–Crippen MR) is 73.8 cm³/mol. The Balaban J connectivity index is 2.02. The molecule has 0 spiro atoms. The molecule has 90 valence electrons. The fourth-order valence-electron chi connectivity index (χ4n) is 2.69. The summed E-state index contributed by atoms with van der Waals surface area (Å²) < 4.78 is 5.12. The van der Waals surface area contributed by atoms with Crippen LogP contribution in [0.25, 0.3) is 0 Å². The summed E-state index contributed by atoms with van der Waals surface area (Å²) in [6, 6.07) is 4.74. The molecule has 0 radical (unpaired) electrons. The lowest BCUT2D eigenvalue weighted by atomic mass is 9.97. The molecule has 1 nitrogen and oxygen atoms in total. The van der Waals surface area contributed by atoms with Crippen molar-refractivity contribution in [2.45, 2.75) is 50.2 Å². The maximum atomic E-state index is 5.12. The van der Waals surface area contributed by atoms with E-state index in [1.165, 1.54) is 43.5 Å². The van der Waals surface area contributed by atoms with Gasteiger partial charge in [0, 0.05) is 27.8 Å². The first-order chi connectivity index (χ1) is 7.36. The van der Waals surface area contributed by atoms with Crippen molar-refractivity contribution >= 4 is 24.7 Å². The van der Waals surface area contributed by atoms with Crippen LogP contribution in [0.3, 0.4) is 0 Å². The van der Waals surface area contributed by atoms with Gasteiger partial charge in [-0.1, -0.05) is 46.9 Å². The Hall–Kier alpha value is 0.657. The van der Waals surface area contributed by atoms with Crippen LogP contribution < -0.4 is 0 Å². The van der Waals surface area contributed by atoms with E-state index in [2.05, 4.69) is 15.9 Å². The second-order valence-corrected chi connectivity index (χ2v) is 9.11. The Morgan fingerprint density at radius 3 is 2.60 bits per heavy atom. The molecule has 1 fully saturated rings. The summed E-state index contributed by atoms with van der Waals surface area (Å²) >= 11 is 3.52. The minimum absolute atomic E-state index is 0.322. The number of alkyl halides is 1. The van der Waals surface area contributed by atoms with Crippen LogP contribution in [0.15, 0.2) is 0 Å². The highest BCUT2D eigenvalue weighted by molar-refractivity contribution is 9.09. The largest absolute Gasteiger partial charge is 0.385 e.